The summed E-state index contributed by atoms with van der Waals surface area (Å²) in [7, 11) is 0. The van der Waals surface area contributed by atoms with Crippen LogP contribution in [0.1, 0.15) is 10.5 Å². The summed E-state index contributed by atoms with van der Waals surface area (Å²) in [6.07, 6.45) is 3.53. The van der Waals surface area contributed by atoms with E-state index in [4.69, 9.17) is 5.11 Å². The van der Waals surface area contributed by atoms with Crippen LogP contribution in [0.2, 0.25) is 0 Å². The van der Waals surface area contributed by atoms with E-state index in [1.807, 2.05) is 24.4 Å². The Balaban J connectivity index is 2.26. The first-order valence-electron chi connectivity index (χ1n) is 5.39. The minimum absolute atomic E-state index is 0.0418. The van der Waals surface area contributed by atoms with Gasteiger partial charge in [-0.15, -0.1) is 0 Å². The first-order valence-corrected chi connectivity index (χ1v) is 5.39. The lowest BCUT2D eigenvalue weighted by Gasteiger charge is -2.06. The highest BCUT2D eigenvalue weighted by Crippen LogP contribution is 2.20. The summed E-state index contributed by atoms with van der Waals surface area (Å²) >= 11 is 0. The zero-order valence-corrected chi connectivity index (χ0v) is 9.32. The van der Waals surface area contributed by atoms with E-state index in [-0.39, 0.29) is 5.69 Å². The Morgan fingerprint density at radius 3 is 2.78 bits per heavy atom. The Hall–Kier alpha value is -2.69. The fraction of sp³-hybridized carbons (Fsp3) is 0. The maximum absolute atomic E-state index is 10.9. The molecule has 5 heteroatoms. The number of carboxylic acid groups (broad SMARTS) is 1. The Morgan fingerprint density at radius 2 is 2.06 bits per heavy atom. The van der Waals surface area contributed by atoms with Crippen molar-refractivity contribution in [2.75, 3.05) is 0 Å². The number of pyridine rings is 1. The third-order valence-corrected chi connectivity index (χ3v) is 2.68. The molecule has 1 N–H and O–H groups in total. The molecule has 0 aliphatic carbocycles. The van der Waals surface area contributed by atoms with Gasteiger partial charge < -0.3 is 5.11 Å². The van der Waals surface area contributed by atoms with Gasteiger partial charge in [0.15, 0.2) is 0 Å². The smallest absolute Gasteiger partial charge is 0.354 e. The van der Waals surface area contributed by atoms with Gasteiger partial charge in [-0.2, -0.15) is 5.10 Å². The minimum Gasteiger partial charge on any atom is -0.477 e. The summed E-state index contributed by atoms with van der Waals surface area (Å²) < 4.78 is 1.73. The Labute approximate surface area is 102 Å². The quantitative estimate of drug-likeness (QED) is 0.743. The van der Waals surface area contributed by atoms with Crippen molar-refractivity contribution in [2.45, 2.75) is 0 Å². The molecule has 88 valence electrons. The molecule has 3 rings (SSSR count). The van der Waals surface area contributed by atoms with Crippen LogP contribution in [0.4, 0.5) is 0 Å². The molecular formula is C13H9N3O2. The van der Waals surface area contributed by atoms with E-state index < -0.39 is 5.97 Å². The molecule has 0 amide bonds. The van der Waals surface area contributed by atoms with Gasteiger partial charge in [0.25, 0.3) is 0 Å². The average molecular weight is 239 g/mol. The van der Waals surface area contributed by atoms with Crippen molar-refractivity contribution in [1.29, 1.82) is 0 Å². The lowest BCUT2D eigenvalue weighted by molar-refractivity contribution is 0.0691. The van der Waals surface area contributed by atoms with Crippen LogP contribution in [-0.4, -0.2) is 25.8 Å². The number of nitrogens with zero attached hydrogens (tertiary/aromatic N) is 3. The second-order valence-corrected chi connectivity index (χ2v) is 3.80. The minimum atomic E-state index is -1.03. The van der Waals surface area contributed by atoms with Crippen LogP contribution in [-0.2, 0) is 0 Å². The van der Waals surface area contributed by atoms with Gasteiger partial charge in [-0.1, -0.05) is 6.07 Å². The van der Waals surface area contributed by atoms with Gasteiger partial charge in [0.1, 0.15) is 5.69 Å². The van der Waals surface area contributed by atoms with Crippen molar-refractivity contribution in [3.05, 3.63) is 54.5 Å². The Bertz CT molecular complexity index is 720. The molecule has 0 atom stereocenters. The third-order valence-electron chi connectivity index (χ3n) is 2.68. The molecule has 5 nitrogen and oxygen atoms in total. The number of benzene rings is 1. The normalized spacial score (nSPS) is 10.7. The maximum Gasteiger partial charge on any atom is 0.354 e. The summed E-state index contributed by atoms with van der Waals surface area (Å²) in [5.41, 5.74) is 1.56. The van der Waals surface area contributed by atoms with Crippen molar-refractivity contribution in [3.63, 3.8) is 0 Å². The van der Waals surface area contributed by atoms with Crippen LogP contribution >= 0.6 is 0 Å². The summed E-state index contributed by atoms with van der Waals surface area (Å²) in [4.78, 5) is 15.0. The standard InChI is InChI=1S/C13H9N3O2/c17-13(18)11-6-5-9-10(15-11)3-1-4-12(9)16-8-2-7-14-16/h1-8H,(H,17,18). The molecule has 0 radical (unpaired) electrons. The Morgan fingerprint density at radius 1 is 1.17 bits per heavy atom. The van der Waals surface area contributed by atoms with Gasteiger partial charge in [0.2, 0.25) is 0 Å². The SMILES string of the molecule is O=C(O)c1ccc2c(-n3cccn3)cccc2n1. The van der Waals surface area contributed by atoms with Crippen molar-refractivity contribution in [2.24, 2.45) is 0 Å². The number of carboxylic acids is 1. The molecular weight excluding hydrogens is 230 g/mol. The van der Waals surface area contributed by atoms with Gasteiger partial charge >= 0.3 is 5.97 Å². The number of rotatable bonds is 2. The molecule has 1 aromatic carbocycles. The van der Waals surface area contributed by atoms with Crippen LogP contribution in [0.3, 0.4) is 0 Å². The van der Waals surface area contributed by atoms with Gasteiger partial charge in [-0.05, 0) is 30.3 Å². The van der Waals surface area contributed by atoms with Crippen molar-refractivity contribution < 1.29 is 9.90 Å². The number of hydrogen-bond donors (Lipinski definition) is 1. The highest BCUT2D eigenvalue weighted by molar-refractivity contribution is 5.92. The second kappa shape index (κ2) is 3.96. The van der Waals surface area contributed by atoms with E-state index in [1.165, 1.54) is 6.07 Å². The van der Waals surface area contributed by atoms with Gasteiger partial charge in [-0.25, -0.2) is 14.5 Å². The molecule has 0 aliphatic rings. The third kappa shape index (κ3) is 1.62. The summed E-state index contributed by atoms with van der Waals surface area (Å²) in [6.45, 7) is 0. The number of hydrogen-bond acceptors (Lipinski definition) is 3. The molecule has 2 aromatic heterocycles. The summed E-state index contributed by atoms with van der Waals surface area (Å²) in [5.74, 6) is -1.03. The monoisotopic (exact) mass is 239 g/mol. The van der Waals surface area contributed by atoms with E-state index in [9.17, 15) is 4.79 Å². The highest BCUT2D eigenvalue weighted by Gasteiger charge is 2.08. The van der Waals surface area contributed by atoms with Crippen molar-refractivity contribution in [1.82, 2.24) is 14.8 Å². The zero-order valence-electron chi connectivity index (χ0n) is 9.32. The maximum atomic E-state index is 10.9. The first-order chi connectivity index (χ1) is 8.75. The van der Waals surface area contributed by atoms with E-state index in [0.717, 1.165) is 11.1 Å². The van der Waals surface area contributed by atoms with E-state index in [1.54, 1.807) is 23.0 Å². The fourth-order valence-electron chi connectivity index (χ4n) is 1.87. The first kappa shape index (κ1) is 10.5. The number of carbonyl (C=O) groups is 1. The molecule has 0 saturated carbocycles. The molecule has 2 heterocycles. The van der Waals surface area contributed by atoms with Gasteiger partial charge in [0.05, 0.1) is 11.2 Å². The molecule has 0 saturated heterocycles. The van der Waals surface area contributed by atoms with Crippen molar-refractivity contribution in [3.8, 4) is 5.69 Å². The summed E-state index contributed by atoms with van der Waals surface area (Å²) in [5, 5.41) is 14.0. The molecule has 0 spiro atoms. The van der Waals surface area contributed by atoms with Gasteiger partial charge in [-0.3, -0.25) is 0 Å². The van der Waals surface area contributed by atoms with E-state index in [0.29, 0.717) is 5.52 Å². The fourth-order valence-corrected chi connectivity index (χ4v) is 1.87. The van der Waals surface area contributed by atoms with Gasteiger partial charge in [0, 0.05) is 17.8 Å². The van der Waals surface area contributed by atoms with Crippen LogP contribution in [0.5, 0.6) is 0 Å². The molecule has 0 aliphatic heterocycles. The number of aromatic carboxylic acids is 1. The molecule has 0 bridgehead atoms. The topological polar surface area (TPSA) is 68.0 Å². The molecule has 3 aromatic rings. The molecule has 0 unspecified atom stereocenters. The lowest BCUT2D eigenvalue weighted by atomic mass is 10.1. The van der Waals surface area contributed by atoms with Crippen LogP contribution in [0.15, 0.2) is 48.8 Å². The van der Waals surface area contributed by atoms with E-state index in [2.05, 4.69) is 10.1 Å². The predicted octanol–water partition coefficient (Wildman–Crippen LogP) is 2.12. The second-order valence-electron chi connectivity index (χ2n) is 3.80. The largest absolute Gasteiger partial charge is 0.477 e. The summed E-state index contributed by atoms with van der Waals surface area (Å²) in [6, 6.07) is 10.6. The number of aromatic nitrogens is 3. The Kier molecular flexibility index (Phi) is 2.30. The van der Waals surface area contributed by atoms with Crippen LogP contribution in [0, 0.1) is 0 Å². The zero-order chi connectivity index (χ0) is 12.5. The van der Waals surface area contributed by atoms with Crippen LogP contribution in [0.25, 0.3) is 16.6 Å². The predicted molar refractivity (Wildman–Crippen MR) is 65.8 cm³/mol. The van der Waals surface area contributed by atoms with E-state index >= 15 is 0 Å². The average Bonchev–Trinajstić information content (AvgIpc) is 2.91. The highest BCUT2D eigenvalue weighted by atomic mass is 16.4. The molecule has 0 fully saturated rings. The van der Waals surface area contributed by atoms with Crippen LogP contribution < -0.4 is 0 Å². The molecule has 18 heavy (non-hydrogen) atoms. The van der Waals surface area contributed by atoms with Crippen molar-refractivity contribution >= 4 is 16.9 Å². The number of fused-ring (bicyclic) bond motifs is 1. The lowest BCUT2D eigenvalue weighted by Crippen LogP contribution is -2.01.